The van der Waals surface area contributed by atoms with Crippen LogP contribution in [-0.4, -0.2) is 24.2 Å². The molecule has 0 heterocycles. The lowest BCUT2D eigenvalue weighted by Gasteiger charge is -2.10. The van der Waals surface area contributed by atoms with Gasteiger partial charge in [0.15, 0.2) is 0 Å². The molecule has 0 nitrogen and oxygen atoms in total. The minimum absolute atomic E-state index is 1.12. The van der Waals surface area contributed by atoms with E-state index in [0.717, 1.165) is 0 Å². The molecule has 0 saturated carbocycles. The first-order chi connectivity index (χ1) is 7.34. The first kappa shape index (κ1) is 18.7. The molecule has 0 aromatic heterocycles. The second-order valence-electron chi connectivity index (χ2n) is 2.23. The van der Waals surface area contributed by atoms with Crippen LogP contribution in [0.5, 0.6) is 0 Å². The molecule has 0 aliphatic carbocycles. The highest BCUT2D eigenvalue weighted by Crippen LogP contribution is 2.28. The molecule has 0 aromatic rings. The van der Waals surface area contributed by atoms with Crippen molar-refractivity contribution in [1.29, 1.82) is 0 Å². The quantitative estimate of drug-likeness (QED) is 0.484. The van der Waals surface area contributed by atoms with Crippen molar-refractivity contribution in [3.8, 4) is 0 Å². The summed E-state index contributed by atoms with van der Waals surface area (Å²) in [5, 5.41) is 0. The zero-order valence-corrected chi connectivity index (χ0v) is 8.15. The van der Waals surface area contributed by atoms with Gasteiger partial charge in [-0.1, -0.05) is 11.6 Å². The smallest absolute Gasteiger partial charge is 0.233 e. The van der Waals surface area contributed by atoms with Gasteiger partial charge in [0, 0.05) is 0 Å². The summed E-state index contributed by atoms with van der Waals surface area (Å²) < 4.78 is 110. The Morgan fingerprint density at radius 2 is 1.35 bits per heavy atom. The highest BCUT2D eigenvalue weighted by Gasteiger charge is 2.45. The number of rotatable bonds is 1. The molecule has 0 spiro atoms. The van der Waals surface area contributed by atoms with Crippen LogP contribution in [0.2, 0.25) is 0 Å². The van der Waals surface area contributed by atoms with Crippen LogP contribution in [0.1, 0.15) is 0 Å². The molecule has 0 bridgehead atoms. The van der Waals surface area contributed by atoms with Gasteiger partial charge in [-0.3, -0.25) is 0 Å². The number of hydrogen-bond donors (Lipinski definition) is 0. The third-order valence-electron chi connectivity index (χ3n) is 0.901. The Balaban J connectivity index is 0. The summed E-state index contributed by atoms with van der Waals surface area (Å²) in [6.07, 6.45) is -15.1. The lowest BCUT2D eigenvalue weighted by Crippen LogP contribution is -2.30. The van der Waals surface area contributed by atoms with Crippen LogP contribution in [-0.2, 0) is 0 Å². The van der Waals surface area contributed by atoms with Crippen LogP contribution >= 0.6 is 11.6 Å². The molecule has 0 radical (unpaired) electrons. The predicted molar refractivity (Wildman–Crippen MR) is 38.1 cm³/mol. The molecular weight excluding hydrogens is 297 g/mol. The monoisotopic (exact) mass is 300 g/mol. The maximum absolute atomic E-state index is 11.4. The van der Waals surface area contributed by atoms with E-state index in [9.17, 15) is 43.9 Å². The summed E-state index contributed by atoms with van der Waals surface area (Å²) in [5.41, 5.74) is -3.01. The lowest BCUT2D eigenvalue weighted by atomic mass is 10.4. The first-order valence-corrected chi connectivity index (χ1v) is 3.79. The third kappa shape index (κ3) is 9.07. The van der Waals surface area contributed by atoms with Gasteiger partial charge in [-0.2, -0.15) is 30.7 Å². The number of alkyl halides is 9. The SMILES string of the molecule is FC(Cl)C(F)C(F)(F)F.FC=C(F)C(F)(F)F. The second-order valence-corrected chi connectivity index (χ2v) is 2.65. The van der Waals surface area contributed by atoms with Crippen LogP contribution in [0.15, 0.2) is 12.2 Å². The van der Waals surface area contributed by atoms with Crippen LogP contribution in [0.4, 0.5) is 43.9 Å². The molecule has 104 valence electrons. The molecule has 17 heavy (non-hydrogen) atoms. The normalized spacial score (nSPS) is 17.0. The zero-order valence-electron chi connectivity index (χ0n) is 7.39. The minimum atomic E-state index is -5.19. The fourth-order valence-corrected chi connectivity index (χ4v) is 0.348. The van der Waals surface area contributed by atoms with Crippen molar-refractivity contribution in [1.82, 2.24) is 0 Å². The number of hydrogen-bond acceptors (Lipinski definition) is 0. The van der Waals surface area contributed by atoms with Crippen molar-refractivity contribution < 1.29 is 43.9 Å². The molecule has 2 unspecified atom stereocenters. The lowest BCUT2D eigenvalue weighted by molar-refractivity contribution is -0.188. The van der Waals surface area contributed by atoms with Gasteiger partial charge in [0.1, 0.15) is 6.33 Å². The molecule has 11 heteroatoms. The van der Waals surface area contributed by atoms with E-state index >= 15 is 0 Å². The van der Waals surface area contributed by atoms with Gasteiger partial charge in [0.2, 0.25) is 17.6 Å². The van der Waals surface area contributed by atoms with E-state index in [-0.39, 0.29) is 0 Å². The molecule has 0 N–H and O–H groups in total. The van der Waals surface area contributed by atoms with Gasteiger partial charge in [0.05, 0.1) is 0 Å². The van der Waals surface area contributed by atoms with E-state index in [0.29, 0.717) is 0 Å². The average Bonchev–Trinajstić information content (AvgIpc) is 2.13. The number of halogens is 11. The number of allylic oxidation sites excluding steroid dienone is 1. The Hall–Kier alpha value is -0.670. The topological polar surface area (TPSA) is 0 Å². The van der Waals surface area contributed by atoms with E-state index in [1.807, 2.05) is 0 Å². The third-order valence-corrected chi connectivity index (χ3v) is 1.12. The Kier molecular flexibility index (Phi) is 7.61. The van der Waals surface area contributed by atoms with E-state index in [2.05, 4.69) is 11.6 Å². The standard InChI is InChI=1S/C3H2ClF5.C3HF5/c4-2(6)1(5)3(7,8)9;4-1-2(5)3(6,7)8/h1-2H;1H. The molecule has 0 aromatic carbocycles. The Morgan fingerprint density at radius 1 is 1.00 bits per heavy atom. The summed E-state index contributed by atoms with van der Waals surface area (Å²) >= 11 is 4.15. The van der Waals surface area contributed by atoms with Crippen molar-refractivity contribution in [2.75, 3.05) is 0 Å². The second kappa shape index (κ2) is 6.92. The van der Waals surface area contributed by atoms with Gasteiger partial charge < -0.3 is 0 Å². The molecule has 0 aliphatic heterocycles. The van der Waals surface area contributed by atoms with Crippen molar-refractivity contribution >= 4 is 11.6 Å². The van der Waals surface area contributed by atoms with E-state index < -0.39 is 36.3 Å². The Bertz CT molecular complexity index is 238. The maximum atomic E-state index is 11.4. The molecule has 0 amide bonds. The van der Waals surface area contributed by atoms with Gasteiger partial charge in [0.25, 0.3) is 0 Å². The highest BCUT2D eigenvalue weighted by molar-refractivity contribution is 6.20. The fraction of sp³-hybridized carbons (Fsp3) is 0.667. The van der Waals surface area contributed by atoms with E-state index in [1.165, 1.54) is 0 Å². The van der Waals surface area contributed by atoms with Crippen LogP contribution in [0.25, 0.3) is 0 Å². The average molecular weight is 301 g/mol. The van der Waals surface area contributed by atoms with Crippen molar-refractivity contribution in [2.45, 2.75) is 24.2 Å². The van der Waals surface area contributed by atoms with E-state index in [4.69, 9.17) is 0 Å². The highest BCUT2D eigenvalue weighted by atomic mass is 35.5. The maximum Gasteiger partial charge on any atom is 0.445 e. The zero-order chi connectivity index (χ0) is 14.4. The molecular formula is C6H3ClF10. The molecule has 0 aliphatic rings. The van der Waals surface area contributed by atoms with Crippen LogP contribution in [0.3, 0.4) is 0 Å². The van der Waals surface area contributed by atoms with Crippen molar-refractivity contribution in [3.63, 3.8) is 0 Å². The summed E-state index contributed by atoms with van der Waals surface area (Å²) in [6.45, 7) is 0. The molecule has 0 saturated heterocycles. The van der Waals surface area contributed by atoms with Crippen molar-refractivity contribution in [2.24, 2.45) is 0 Å². The summed E-state index contributed by atoms with van der Waals surface area (Å²) in [5.74, 6) is -2.71. The van der Waals surface area contributed by atoms with Gasteiger partial charge in [-0.25, -0.2) is 13.2 Å². The van der Waals surface area contributed by atoms with Crippen molar-refractivity contribution in [3.05, 3.63) is 12.2 Å². The summed E-state index contributed by atoms with van der Waals surface area (Å²) in [7, 11) is 0. The Morgan fingerprint density at radius 3 is 1.35 bits per heavy atom. The minimum Gasteiger partial charge on any atom is -0.233 e. The molecule has 0 rings (SSSR count). The van der Waals surface area contributed by atoms with Gasteiger partial charge in [-0.05, 0) is 0 Å². The summed E-state index contributed by atoms with van der Waals surface area (Å²) in [6, 6.07) is 0. The van der Waals surface area contributed by atoms with Gasteiger partial charge >= 0.3 is 12.4 Å². The fourth-order valence-electron chi connectivity index (χ4n) is 0.205. The van der Waals surface area contributed by atoms with Gasteiger partial charge in [-0.15, -0.1) is 0 Å². The molecule has 0 fully saturated rings. The molecule has 2 atom stereocenters. The first-order valence-electron chi connectivity index (χ1n) is 3.36. The summed E-state index contributed by atoms with van der Waals surface area (Å²) in [4.78, 5) is 0. The van der Waals surface area contributed by atoms with Crippen LogP contribution in [0, 0.1) is 0 Å². The Labute approximate surface area is 92.8 Å². The van der Waals surface area contributed by atoms with Crippen LogP contribution < -0.4 is 0 Å². The van der Waals surface area contributed by atoms with E-state index in [1.54, 1.807) is 0 Å². The largest absolute Gasteiger partial charge is 0.445 e. The predicted octanol–water partition coefficient (Wildman–Crippen LogP) is 4.75.